The molecule has 298 valence electrons. The Hall–Kier alpha value is -7.62. The van der Waals surface area contributed by atoms with Gasteiger partial charge >= 0.3 is 0 Å². The fourth-order valence-electron chi connectivity index (χ4n) is 11.9. The van der Waals surface area contributed by atoms with E-state index < -0.39 is 0 Å². The number of furan rings is 1. The zero-order chi connectivity index (χ0) is 41.9. The smallest absolute Gasteiger partial charge is 0.135 e. The predicted octanol–water partition coefficient (Wildman–Crippen LogP) is 16.1. The Balaban J connectivity index is 0.916. The van der Waals surface area contributed by atoms with Gasteiger partial charge in [0.2, 0.25) is 0 Å². The van der Waals surface area contributed by atoms with Gasteiger partial charge in [-0.2, -0.15) is 0 Å². The maximum atomic E-state index is 6.38. The number of aromatic nitrogens is 2. The van der Waals surface area contributed by atoms with Crippen molar-refractivity contribution in [2.45, 2.75) is 38.5 Å². The van der Waals surface area contributed by atoms with Crippen LogP contribution in [-0.2, 0) is 10.8 Å². The number of fused-ring (bicyclic) bond motifs is 16. The molecule has 0 atom stereocenters. The zero-order valence-corrected chi connectivity index (χ0v) is 35.6. The fraction of sp³-hybridized carbons (Fsp3) is 0.100. The molecular weight excluding hydrogens is 765 g/mol. The molecule has 0 saturated heterocycles. The molecule has 0 bridgehead atoms. The lowest BCUT2D eigenvalue weighted by molar-refractivity contribution is 0.656. The van der Waals surface area contributed by atoms with Crippen molar-refractivity contribution < 1.29 is 4.42 Å². The van der Waals surface area contributed by atoms with Crippen LogP contribution in [0.25, 0.3) is 110 Å². The number of nitrogens with zero attached hydrogens (tertiary/aromatic N) is 2. The number of benzene rings is 9. The average molecular weight is 807 g/mol. The second-order valence-corrected chi connectivity index (χ2v) is 18.9. The van der Waals surface area contributed by atoms with Gasteiger partial charge in [0.15, 0.2) is 0 Å². The quantitative estimate of drug-likeness (QED) is 0.174. The van der Waals surface area contributed by atoms with Crippen LogP contribution in [0.3, 0.4) is 0 Å². The number of rotatable bonds is 3. The van der Waals surface area contributed by atoms with Crippen molar-refractivity contribution in [3.63, 3.8) is 0 Å². The van der Waals surface area contributed by atoms with Crippen LogP contribution in [0.5, 0.6) is 0 Å². The molecule has 3 aromatic heterocycles. The fourth-order valence-corrected chi connectivity index (χ4v) is 11.9. The van der Waals surface area contributed by atoms with E-state index in [2.05, 4.69) is 219 Å². The molecule has 0 unspecified atom stereocenters. The first kappa shape index (κ1) is 35.0. The van der Waals surface area contributed by atoms with Gasteiger partial charge in [-0.3, -0.25) is 0 Å². The molecule has 12 aromatic rings. The van der Waals surface area contributed by atoms with Gasteiger partial charge in [0, 0.05) is 54.5 Å². The first-order chi connectivity index (χ1) is 30.8. The van der Waals surface area contributed by atoms with Gasteiger partial charge in [0.1, 0.15) is 11.2 Å². The van der Waals surface area contributed by atoms with E-state index in [0.29, 0.717) is 0 Å². The van der Waals surface area contributed by atoms with Crippen LogP contribution in [0.15, 0.2) is 186 Å². The van der Waals surface area contributed by atoms with Gasteiger partial charge in [0.25, 0.3) is 0 Å². The Kier molecular flexibility index (Phi) is 6.70. The monoisotopic (exact) mass is 806 g/mol. The highest BCUT2D eigenvalue weighted by atomic mass is 16.3. The normalized spacial score (nSPS) is 14.6. The number of hydrogen-bond acceptors (Lipinski definition) is 1. The molecule has 0 fully saturated rings. The minimum atomic E-state index is -0.221. The molecule has 0 spiro atoms. The molecule has 63 heavy (non-hydrogen) atoms. The summed E-state index contributed by atoms with van der Waals surface area (Å²) in [6.45, 7) is 9.48. The van der Waals surface area contributed by atoms with Gasteiger partial charge in [0.05, 0.1) is 22.1 Å². The SMILES string of the molecule is CC1(C)c2ccccc2-c2ccc(-n3c4ccccc4c4ccc(-c5ccc6c(c5)c5ccccc5n6-c5ccc6c(c5)C(C)(C)c5c-6ccc6oc7ccccc7c56)cc43)cc21. The van der Waals surface area contributed by atoms with Crippen LogP contribution in [0.1, 0.15) is 49.9 Å². The molecule has 2 aliphatic carbocycles. The summed E-state index contributed by atoms with van der Waals surface area (Å²) in [5.41, 5.74) is 22.0. The van der Waals surface area contributed by atoms with Crippen molar-refractivity contribution in [1.82, 2.24) is 9.13 Å². The van der Waals surface area contributed by atoms with E-state index in [1.165, 1.54) is 121 Å². The second kappa shape index (κ2) is 12.1. The molecule has 9 aromatic carbocycles. The van der Waals surface area contributed by atoms with Gasteiger partial charge in [-0.25, -0.2) is 0 Å². The highest BCUT2D eigenvalue weighted by molar-refractivity contribution is 6.14. The van der Waals surface area contributed by atoms with Crippen LogP contribution in [0.2, 0.25) is 0 Å². The van der Waals surface area contributed by atoms with E-state index in [1.54, 1.807) is 0 Å². The van der Waals surface area contributed by atoms with Crippen molar-refractivity contribution in [1.29, 1.82) is 0 Å². The largest absolute Gasteiger partial charge is 0.456 e. The molecule has 3 heterocycles. The van der Waals surface area contributed by atoms with Crippen molar-refractivity contribution in [3.05, 3.63) is 204 Å². The molecule has 0 aliphatic heterocycles. The molecule has 0 radical (unpaired) electrons. The molecule has 14 rings (SSSR count). The minimum Gasteiger partial charge on any atom is -0.456 e. The lowest BCUT2D eigenvalue weighted by atomic mass is 9.80. The lowest BCUT2D eigenvalue weighted by Gasteiger charge is -2.23. The van der Waals surface area contributed by atoms with E-state index in [-0.39, 0.29) is 10.8 Å². The Morgan fingerprint density at radius 2 is 0.889 bits per heavy atom. The summed E-state index contributed by atoms with van der Waals surface area (Å²) in [7, 11) is 0. The highest BCUT2D eigenvalue weighted by Crippen LogP contribution is 2.54. The van der Waals surface area contributed by atoms with Crippen LogP contribution in [-0.4, -0.2) is 9.13 Å². The summed E-state index contributed by atoms with van der Waals surface area (Å²) in [4.78, 5) is 0. The third kappa shape index (κ3) is 4.54. The van der Waals surface area contributed by atoms with Gasteiger partial charge < -0.3 is 13.6 Å². The maximum absolute atomic E-state index is 6.38. The highest BCUT2D eigenvalue weighted by Gasteiger charge is 2.39. The number of hydrogen-bond donors (Lipinski definition) is 0. The summed E-state index contributed by atoms with van der Waals surface area (Å²) in [5, 5.41) is 7.45. The minimum absolute atomic E-state index is 0.0796. The standard InChI is InChI=1S/C60H42N2O/c1-59(2)48-17-9-5-13-39(48)40-26-23-38(33-49(40)59)62-51-18-10-6-14-42(51)44-25-21-36(32-54(44)62)35-22-29-53-47(31-35)43-15-7-11-19-52(43)61(53)37-24-27-41-45-28-30-56-57(46-16-8-12-20-55(46)63-56)58(45)60(3,4)50(41)34-37/h5-34H,1-4H3. The first-order valence-electron chi connectivity index (χ1n) is 22.2. The van der Waals surface area contributed by atoms with Crippen molar-refractivity contribution in [3.8, 4) is 44.8 Å². The summed E-state index contributed by atoms with van der Waals surface area (Å²) >= 11 is 0. The molecular formula is C60H42N2O. The second-order valence-electron chi connectivity index (χ2n) is 18.9. The summed E-state index contributed by atoms with van der Waals surface area (Å²) < 4.78 is 11.3. The van der Waals surface area contributed by atoms with Crippen LogP contribution in [0.4, 0.5) is 0 Å². The Bertz CT molecular complexity index is 3980. The Morgan fingerprint density at radius 1 is 0.349 bits per heavy atom. The molecule has 0 amide bonds. The average Bonchev–Trinajstić information content (AvgIpc) is 4.07. The Labute approximate surface area is 365 Å². The molecule has 0 saturated carbocycles. The molecule has 3 heteroatoms. The lowest BCUT2D eigenvalue weighted by Crippen LogP contribution is -2.15. The van der Waals surface area contributed by atoms with Gasteiger partial charge in [-0.15, -0.1) is 0 Å². The van der Waals surface area contributed by atoms with Crippen molar-refractivity contribution in [2.75, 3.05) is 0 Å². The third-order valence-corrected chi connectivity index (χ3v) is 14.9. The van der Waals surface area contributed by atoms with E-state index in [4.69, 9.17) is 4.42 Å². The van der Waals surface area contributed by atoms with E-state index in [0.717, 1.165) is 11.2 Å². The number of para-hydroxylation sites is 3. The first-order valence-corrected chi connectivity index (χ1v) is 22.2. The van der Waals surface area contributed by atoms with Crippen LogP contribution < -0.4 is 0 Å². The molecule has 3 nitrogen and oxygen atoms in total. The topological polar surface area (TPSA) is 23.0 Å². The maximum Gasteiger partial charge on any atom is 0.135 e. The predicted molar refractivity (Wildman–Crippen MR) is 263 cm³/mol. The van der Waals surface area contributed by atoms with E-state index >= 15 is 0 Å². The zero-order valence-electron chi connectivity index (χ0n) is 35.6. The van der Waals surface area contributed by atoms with Crippen LogP contribution >= 0.6 is 0 Å². The van der Waals surface area contributed by atoms with E-state index in [9.17, 15) is 0 Å². The molecule has 0 N–H and O–H groups in total. The van der Waals surface area contributed by atoms with Gasteiger partial charge in [-0.1, -0.05) is 143 Å². The Morgan fingerprint density at radius 3 is 1.67 bits per heavy atom. The third-order valence-electron chi connectivity index (χ3n) is 14.9. The van der Waals surface area contributed by atoms with Crippen LogP contribution in [0, 0.1) is 0 Å². The molecule has 2 aliphatic rings. The van der Waals surface area contributed by atoms with E-state index in [1.807, 2.05) is 0 Å². The van der Waals surface area contributed by atoms with Crippen molar-refractivity contribution in [2.24, 2.45) is 0 Å². The summed E-state index contributed by atoms with van der Waals surface area (Å²) in [5.74, 6) is 0. The summed E-state index contributed by atoms with van der Waals surface area (Å²) in [6, 6.07) is 67.8. The van der Waals surface area contributed by atoms with Crippen molar-refractivity contribution >= 4 is 65.6 Å². The summed E-state index contributed by atoms with van der Waals surface area (Å²) in [6.07, 6.45) is 0. The van der Waals surface area contributed by atoms with Gasteiger partial charge in [-0.05, 0) is 122 Å².